The predicted molar refractivity (Wildman–Crippen MR) is 138 cm³/mol. The van der Waals surface area contributed by atoms with E-state index in [1.807, 2.05) is 0 Å². The van der Waals surface area contributed by atoms with Crippen LogP contribution in [0, 0.1) is 0 Å². The second kappa shape index (κ2) is 8.88. The number of nitrogens with zero attached hydrogens (tertiary/aromatic N) is 2. The first kappa shape index (κ1) is 23.7. The molecule has 2 aromatic rings. The Morgan fingerprint density at radius 2 is 0.806 bits per heavy atom. The number of hydrogen-bond acceptors (Lipinski definition) is 2. The first-order chi connectivity index (χ1) is 14.5. The van der Waals surface area contributed by atoms with Crippen LogP contribution in [0.15, 0.2) is 36.4 Å². The number of benzene rings is 2. The molecule has 2 aromatic carbocycles. The van der Waals surface area contributed by atoms with Crippen molar-refractivity contribution in [3.8, 4) is 0 Å². The van der Waals surface area contributed by atoms with E-state index in [9.17, 15) is 0 Å². The van der Waals surface area contributed by atoms with Gasteiger partial charge < -0.3 is 9.80 Å². The van der Waals surface area contributed by atoms with Crippen molar-refractivity contribution in [2.24, 2.45) is 0 Å². The van der Waals surface area contributed by atoms with Crippen molar-refractivity contribution >= 4 is 11.4 Å². The molecule has 31 heavy (non-hydrogen) atoms. The first-order valence-corrected chi connectivity index (χ1v) is 12.3. The average Bonchev–Trinajstić information content (AvgIpc) is 3.00. The molecule has 170 valence electrons. The molecule has 1 fully saturated rings. The van der Waals surface area contributed by atoms with Gasteiger partial charge in [0.15, 0.2) is 0 Å². The number of para-hydroxylation sites is 2. The zero-order valence-corrected chi connectivity index (χ0v) is 21.6. The Morgan fingerprint density at radius 3 is 1.03 bits per heavy atom. The topological polar surface area (TPSA) is 6.48 Å². The van der Waals surface area contributed by atoms with Crippen molar-refractivity contribution < 1.29 is 0 Å². The zero-order chi connectivity index (χ0) is 23.1. The van der Waals surface area contributed by atoms with Crippen molar-refractivity contribution in [2.45, 2.75) is 98.6 Å². The predicted octanol–water partition coefficient (Wildman–Crippen LogP) is 8.24. The minimum Gasteiger partial charge on any atom is -0.347 e. The third-order valence-electron chi connectivity index (χ3n) is 7.09. The van der Waals surface area contributed by atoms with Gasteiger partial charge in [0.1, 0.15) is 5.66 Å². The minimum atomic E-state index is -0.0940. The second-order valence-corrected chi connectivity index (χ2v) is 11.0. The van der Waals surface area contributed by atoms with E-state index in [0.717, 1.165) is 13.1 Å². The van der Waals surface area contributed by atoms with E-state index in [0.29, 0.717) is 23.7 Å². The molecule has 0 amide bonds. The van der Waals surface area contributed by atoms with Gasteiger partial charge >= 0.3 is 0 Å². The molecule has 0 saturated carbocycles. The third kappa shape index (κ3) is 4.23. The lowest BCUT2D eigenvalue weighted by molar-refractivity contribution is 0.512. The maximum absolute atomic E-state index is 2.69. The van der Waals surface area contributed by atoms with Gasteiger partial charge in [-0.2, -0.15) is 0 Å². The minimum absolute atomic E-state index is 0.0940. The Balaban J connectivity index is 2.19. The van der Waals surface area contributed by atoms with E-state index in [-0.39, 0.29) is 5.66 Å². The summed E-state index contributed by atoms with van der Waals surface area (Å²) < 4.78 is 0. The van der Waals surface area contributed by atoms with Crippen LogP contribution in [-0.2, 0) is 0 Å². The van der Waals surface area contributed by atoms with Gasteiger partial charge in [-0.3, -0.25) is 0 Å². The Morgan fingerprint density at radius 1 is 0.548 bits per heavy atom. The number of anilines is 2. The lowest BCUT2D eigenvalue weighted by atomic mass is 9.90. The van der Waals surface area contributed by atoms with Gasteiger partial charge in [-0.05, 0) is 59.8 Å². The highest BCUT2D eigenvalue weighted by Crippen LogP contribution is 2.46. The molecule has 2 nitrogen and oxygen atoms in total. The Kier molecular flexibility index (Phi) is 6.79. The summed E-state index contributed by atoms with van der Waals surface area (Å²) in [6.07, 6.45) is 0. The van der Waals surface area contributed by atoms with Crippen molar-refractivity contribution in [2.75, 3.05) is 22.9 Å². The van der Waals surface area contributed by atoms with Gasteiger partial charge in [0.25, 0.3) is 0 Å². The average molecular weight is 421 g/mol. The van der Waals surface area contributed by atoms with Gasteiger partial charge in [-0.15, -0.1) is 0 Å². The molecular formula is C29H44N2. The summed E-state index contributed by atoms with van der Waals surface area (Å²) in [5.74, 6) is 2.03. The van der Waals surface area contributed by atoms with E-state index in [4.69, 9.17) is 0 Å². The molecule has 1 aliphatic heterocycles. The van der Waals surface area contributed by atoms with Crippen LogP contribution in [0.5, 0.6) is 0 Å². The fourth-order valence-corrected chi connectivity index (χ4v) is 5.31. The fraction of sp³-hybridized carbons (Fsp3) is 0.586. The summed E-state index contributed by atoms with van der Waals surface area (Å²) in [5.41, 5.74) is 8.74. The van der Waals surface area contributed by atoms with Crippen LogP contribution in [0.4, 0.5) is 11.4 Å². The second-order valence-electron chi connectivity index (χ2n) is 11.0. The van der Waals surface area contributed by atoms with Crippen molar-refractivity contribution in [1.29, 1.82) is 0 Å². The van der Waals surface area contributed by atoms with Gasteiger partial charge in [-0.25, -0.2) is 0 Å². The van der Waals surface area contributed by atoms with E-state index >= 15 is 0 Å². The quantitative estimate of drug-likeness (QED) is 0.464. The monoisotopic (exact) mass is 420 g/mol. The highest BCUT2D eigenvalue weighted by Gasteiger charge is 2.43. The highest BCUT2D eigenvalue weighted by atomic mass is 15.5. The van der Waals surface area contributed by atoms with Crippen molar-refractivity contribution in [3.63, 3.8) is 0 Å². The molecule has 0 aliphatic carbocycles. The largest absolute Gasteiger partial charge is 0.347 e. The summed E-state index contributed by atoms with van der Waals surface area (Å²) >= 11 is 0. The summed E-state index contributed by atoms with van der Waals surface area (Å²) in [7, 11) is 0. The Bertz CT molecular complexity index is 779. The van der Waals surface area contributed by atoms with Crippen LogP contribution in [0.25, 0.3) is 0 Å². The Labute approximate surface area is 191 Å². The number of rotatable bonds is 6. The van der Waals surface area contributed by atoms with Gasteiger partial charge in [0.2, 0.25) is 0 Å². The zero-order valence-electron chi connectivity index (χ0n) is 21.6. The fourth-order valence-electron chi connectivity index (χ4n) is 5.31. The van der Waals surface area contributed by atoms with E-state index < -0.39 is 0 Å². The molecule has 3 rings (SSSR count). The van der Waals surface area contributed by atoms with Gasteiger partial charge in [0.05, 0.1) is 0 Å². The van der Waals surface area contributed by atoms with E-state index in [1.165, 1.54) is 33.6 Å². The standard InChI is InChI=1S/C29H44N2/c1-19(2)23-13-11-14-24(20(3)4)27(23)30-17-18-31(29(30,9)10)28-25(21(5)6)15-12-16-26(28)22(7)8/h11-16,19-22H,17-18H2,1-10H3. The van der Waals surface area contributed by atoms with Gasteiger partial charge in [0, 0.05) is 24.5 Å². The summed E-state index contributed by atoms with van der Waals surface area (Å²) in [4.78, 5) is 5.39. The molecule has 1 aliphatic rings. The normalized spacial score (nSPS) is 16.5. The molecule has 1 saturated heterocycles. The van der Waals surface area contributed by atoms with Crippen LogP contribution >= 0.6 is 0 Å². The van der Waals surface area contributed by atoms with Crippen molar-refractivity contribution in [1.82, 2.24) is 0 Å². The molecule has 1 heterocycles. The lowest BCUT2D eigenvalue weighted by Crippen LogP contribution is -2.50. The summed E-state index contributed by atoms with van der Waals surface area (Å²) in [6, 6.07) is 13.9. The van der Waals surface area contributed by atoms with E-state index in [2.05, 4.69) is 115 Å². The number of hydrogen-bond donors (Lipinski definition) is 0. The molecule has 0 spiro atoms. The van der Waals surface area contributed by atoms with Gasteiger partial charge in [-0.1, -0.05) is 91.8 Å². The lowest BCUT2D eigenvalue weighted by Gasteiger charge is -2.44. The molecule has 0 aromatic heterocycles. The molecule has 0 atom stereocenters. The smallest absolute Gasteiger partial charge is 0.107 e. The first-order valence-electron chi connectivity index (χ1n) is 12.3. The highest BCUT2D eigenvalue weighted by molar-refractivity contribution is 5.70. The van der Waals surface area contributed by atoms with Crippen LogP contribution in [0.2, 0.25) is 0 Å². The molecule has 0 radical (unpaired) electrons. The summed E-state index contributed by atoms with van der Waals surface area (Å²) in [5, 5.41) is 0. The molecule has 2 heteroatoms. The molecule has 0 bridgehead atoms. The van der Waals surface area contributed by atoms with Crippen LogP contribution < -0.4 is 9.80 Å². The maximum Gasteiger partial charge on any atom is 0.107 e. The molecular weight excluding hydrogens is 376 g/mol. The summed E-state index contributed by atoms with van der Waals surface area (Å²) in [6.45, 7) is 25.6. The van der Waals surface area contributed by atoms with Crippen LogP contribution in [0.1, 0.15) is 115 Å². The molecule has 0 unspecified atom stereocenters. The van der Waals surface area contributed by atoms with Crippen LogP contribution in [0.3, 0.4) is 0 Å². The van der Waals surface area contributed by atoms with E-state index in [1.54, 1.807) is 0 Å². The van der Waals surface area contributed by atoms with Crippen LogP contribution in [-0.4, -0.2) is 18.8 Å². The molecule has 0 N–H and O–H groups in total. The van der Waals surface area contributed by atoms with Crippen molar-refractivity contribution in [3.05, 3.63) is 58.7 Å². The maximum atomic E-state index is 2.69. The SMILES string of the molecule is CC(C)c1cccc(C(C)C)c1N1CCN(c2c(C(C)C)cccc2C(C)C)C1(C)C. The third-order valence-corrected chi connectivity index (χ3v) is 7.09. The Hall–Kier alpha value is -1.96.